The van der Waals surface area contributed by atoms with Crippen molar-refractivity contribution in [2.45, 2.75) is 27.1 Å². The van der Waals surface area contributed by atoms with Crippen molar-refractivity contribution >= 4 is 15.9 Å². The van der Waals surface area contributed by atoms with Gasteiger partial charge in [-0.15, -0.1) is 0 Å². The third kappa shape index (κ3) is 4.42. The molecule has 31 heavy (non-hydrogen) atoms. The highest BCUT2D eigenvalue weighted by Crippen LogP contribution is 2.48. The Morgan fingerprint density at radius 1 is 0.613 bits per heavy atom. The normalized spacial score (nSPS) is 10.8. The van der Waals surface area contributed by atoms with Gasteiger partial charge in [-0.2, -0.15) is 0 Å². The van der Waals surface area contributed by atoms with Crippen molar-refractivity contribution in [2.75, 3.05) is 21.3 Å². The van der Waals surface area contributed by atoms with Gasteiger partial charge in [-0.25, -0.2) is 0 Å². The van der Waals surface area contributed by atoms with Gasteiger partial charge in [0.05, 0.1) is 34.5 Å². The highest BCUT2D eigenvalue weighted by Gasteiger charge is 2.22. The molecule has 2 N–H and O–H groups in total. The number of rotatable bonds is 7. The number of aryl methyl sites for hydroxylation is 2. The SMILES string of the molecule is COc1c(CO)cc(C)cc1-c1cc(Br)cc(-c2cc(C)cc(CO)c2OC)c1OC. The lowest BCUT2D eigenvalue weighted by Crippen LogP contribution is -2.01. The summed E-state index contributed by atoms with van der Waals surface area (Å²) >= 11 is 3.64. The van der Waals surface area contributed by atoms with E-state index in [1.54, 1.807) is 21.3 Å². The van der Waals surface area contributed by atoms with Crippen molar-refractivity contribution in [2.24, 2.45) is 0 Å². The minimum Gasteiger partial charge on any atom is -0.496 e. The fourth-order valence-electron chi connectivity index (χ4n) is 4.03. The van der Waals surface area contributed by atoms with Crippen LogP contribution in [-0.4, -0.2) is 31.5 Å². The number of hydrogen-bond donors (Lipinski definition) is 2. The van der Waals surface area contributed by atoms with Crippen molar-refractivity contribution in [3.8, 4) is 39.5 Å². The van der Waals surface area contributed by atoms with Crippen LogP contribution in [0, 0.1) is 13.8 Å². The van der Waals surface area contributed by atoms with Gasteiger partial charge in [-0.05, 0) is 49.2 Å². The molecule has 0 aliphatic carbocycles. The number of halogens is 1. The average molecular weight is 487 g/mol. The van der Waals surface area contributed by atoms with Gasteiger partial charge >= 0.3 is 0 Å². The average Bonchev–Trinajstić information content (AvgIpc) is 2.76. The fraction of sp³-hybridized carbons (Fsp3) is 0.280. The summed E-state index contributed by atoms with van der Waals surface area (Å²) in [6, 6.07) is 11.8. The van der Waals surface area contributed by atoms with E-state index in [0.717, 1.165) is 37.9 Å². The first-order valence-corrected chi connectivity index (χ1v) is 10.6. The zero-order valence-electron chi connectivity index (χ0n) is 18.4. The van der Waals surface area contributed by atoms with Crippen LogP contribution < -0.4 is 14.2 Å². The smallest absolute Gasteiger partial charge is 0.134 e. The summed E-state index contributed by atoms with van der Waals surface area (Å²) in [7, 11) is 4.81. The predicted octanol–water partition coefficient (Wildman–Crippen LogP) is 5.41. The van der Waals surface area contributed by atoms with Crippen LogP contribution in [0.3, 0.4) is 0 Å². The van der Waals surface area contributed by atoms with E-state index in [1.165, 1.54) is 0 Å². The number of ether oxygens (including phenoxy) is 3. The Morgan fingerprint density at radius 3 is 1.29 bits per heavy atom. The lowest BCUT2D eigenvalue weighted by Gasteiger charge is -2.21. The maximum Gasteiger partial charge on any atom is 0.134 e. The summed E-state index contributed by atoms with van der Waals surface area (Å²) in [6.07, 6.45) is 0. The Hall–Kier alpha value is -2.54. The second-order valence-corrected chi connectivity index (χ2v) is 8.28. The zero-order valence-corrected chi connectivity index (χ0v) is 20.0. The van der Waals surface area contributed by atoms with Gasteiger partial charge in [0.1, 0.15) is 17.2 Å². The second kappa shape index (κ2) is 9.73. The Kier molecular flexibility index (Phi) is 7.26. The molecule has 0 fully saturated rings. The van der Waals surface area contributed by atoms with Gasteiger partial charge in [-0.1, -0.05) is 28.1 Å². The van der Waals surface area contributed by atoms with E-state index in [2.05, 4.69) is 15.9 Å². The maximum atomic E-state index is 9.85. The molecule has 0 bridgehead atoms. The molecule has 3 rings (SSSR count). The largest absolute Gasteiger partial charge is 0.496 e. The molecule has 3 aromatic rings. The molecule has 0 unspecified atom stereocenters. The highest BCUT2D eigenvalue weighted by atomic mass is 79.9. The molecular formula is C25H27BrO5. The summed E-state index contributed by atoms with van der Waals surface area (Å²) in [5.41, 5.74) is 6.68. The molecule has 0 amide bonds. The lowest BCUT2D eigenvalue weighted by molar-refractivity contribution is 0.273. The minimum absolute atomic E-state index is 0.132. The highest BCUT2D eigenvalue weighted by molar-refractivity contribution is 9.10. The van der Waals surface area contributed by atoms with Gasteiger partial charge in [0.15, 0.2) is 0 Å². The van der Waals surface area contributed by atoms with Crippen LogP contribution in [0.2, 0.25) is 0 Å². The van der Waals surface area contributed by atoms with Crippen LogP contribution in [0.5, 0.6) is 17.2 Å². The molecule has 0 aromatic heterocycles. The molecule has 0 radical (unpaired) electrons. The molecule has 6 heteroatoms. The summed E-state index contributed by atoms with van der Waals surface area (Å²) in [4.78, 5) is 0. The first-order chi connectivity index (χ1) is 14.9. The second-order valence-electron chi connectivity index (χ2n) is 7.36. The summed E-state index contributed by atoms with van der Waals surface area (Å²) < 4.78 is 18.1. The van der Waals surface area contributed by atoms with Gasteiger partial charge in [0.25, 0.3) is 0 Å². The number of benzene rings is 3. The molecule has 3 aromatic carbocycles. The molecule has 5 nitrogen and oxygen atoms in total. The first-order valence-electron chi connectivity index (χ1n) is 9.83. The Labute approximate surface area is 191 Å². The summed E-state index contributed by atoms with van der Waals surface area (Å²) in [6.45, 7) is 3.69. The zero-order chi connectivity index (χ0) is 22.7. The summed E-state index contributed by atoms with van der Waals surface area (Å²) in [5.74, 6) is 1.84. The predicted molar refractivity (Wildman–Crippen MR) is 126 cm³/mol. The van der Waals surface area contributed by atoms with Crippen LogP contribution in [0.15, 0.2) is 40.9 Å². The van der Waals surface area contributed by atoms with Crippen molar-refractivity contribution in [1.82, 2.24) is 0 Å². The molecule has 0 atom stereocenters. The van der Waals surface area contributed by atoms with Crippen LogP contribution in [0.4, 0.5) is 0 Å². The third-order valence-corrected chi connectivity index (χ3v) is 5.67. The van der Waals surface area contributed by atoms with Gasteiger partial charge in [0.2, 0.25) is 0 Å². The number of aliphatic hydroxyl groups excluding tert-OH is 2. The van der Waals surface area contributed by atoms with Crippen molar-refractivity contribution in [3.63, 3.8) is 0 Å². The fourth-order valence-corrected chi connectivity index (χ4v) is 4.49. The van der Waals surface area contributed by atoms with Crippen molar-refractivity contribution < 1.29 is 24.4 Å². The number of aliphatic hydroxyl groups is 2. The Bertz CT molecular complexity index is 1030. The van der Waals surface area contributed by atoms with E-state index < -0.39 is 0 Å². The van der Waals surface area contributed by atoms with Gasteiger partial charge in [0, 0.05) is 37.9 Å². The van der Waals surface area contributed by atoms with E-state index in [4.69, 9.17) is 14.2 Å². The molecular weight excluding hydrogens is 460 g/mol. The van der Waals surface area contributed by atoms with Crippen LogP contribution >= 0.6 is 15.9 Å². The van der Waals surface area contributed by atoms with Crippen LogP contribution in [0.25, 0.3) is 22.3 Å². The first kappa shape index (κ1) is 23.1. The molecule has 0 aliphatic rings. The quantitative estimate of drug-likeness (QED) is 0.467. The maximum absolute atomic E-state index is 9.85. The van der Waals surface area contributed by atoms with Crippen LogP contribution in [-0.2, 0) is 13.2 Å². The van der Waals surface area contributed by atoms with Gasteiger partial charge in [-0.3, -0.25) is 0 Å². The number of hydrogen-bond acceptors (Lipinski definition) is 5. The summed E-state index contributed by atoms with van der Waals surface area (Å²) in [5, 5.41) is 19.7. The van der Waals surface area contributed by atoms with E-state index in [9.17, 15) is 10.2 Å². The van der Waals surface area contributed by atoms with E-state index >= 15 is 0 Å². The monoisotopic (exact) mass is 486 g/mol. The van der Waals surface area contributed by atoms with Crippen molar-refractivity contribution in [3.05, 3.63) is 63.1 Å². The molecule has 0 saturated heterocycles. The molecule has 0 heterocycles. The molecule has 0 spiro atoms. The van der Waals surface area contributed by atoms with Gasteiger partial charge < -0.3 is 24.4 Å². The molecule has 164 valence electrons. The standard InChI is InChI=1S/C25H27BrO5/c1-14-6-16(12-27)23(29-3)19(8-14)21-10-18(26)11-22(25(21)31-5)20-9-15(2)7-17(13-28)24(20)30-4/h6-11,27-28H,12-13H2,1-5H3. The number of methoxy groups -OCH3 is 3. The molecule has 0 saturated carbocycles. The topological polar surface area (TPSA) is 68.2 Å². The van der Waals surface area contributed by atoms with E-state index in [1.807, 2.05) is 50.2 Å². The Morgan fingerprint density at radius 2 is 0.968 bits per heavy atom. The third-order valence-electron chi connectivity index (χ3n) is 5.21. The van der Waals surface area contributed by atoms with E-state index in [-0.39, 0.29) is 13.2 Å². The molecule has 0 aliphatic heterocycles. The Balaban J connectivity index is 2.41. The minimum atomic E-state index is -0.132. The lowest BCUT2D eigenvalue weighted by atomic mass is 9.92. The van der Waals surface area contributed by atoms with Crippen molar-refractivity contribution in [1.29, 1.82) is 0 Å². The van der Waals surface area contributed by atoms with Crippen LogP contribution in [0.1, 0.15) is 22.3 Å². The van der Waals surface area contributed by atoms with E-state index in [0.29, 0.717) is 28.4 Å².